The van der Waals surface area contributed by atoms with Gasteiger partial charge in [-0.1, -0.05) is 30.3 Å². The Morgan fingerprint density at radius 3 is 2.19 bits per heavy atom. The predicted octanol–water partition coefficient (Wildman–Crippen LogP) is 1.81. The zero-order chi connectivity index (χ0) is 12.0. The van der Waals surface area contributed by atoms with Gasteiger partial charge in [0.15, 0.2) is 0 Å². The molecule has 0 amide bonds. The number of hydrogen-bond acceptors (Lipinski definition) is 4. The molecule has 0 aromatic heterocycles. The van der Waals surface area contributed by atoms with E-state index in [-0.39, 0.29) is 12.7 Å². The topological polar surface area (TPSA) is 72.8 Å². The van der Waals surface area contributed by atoms with Crippen LogP contribution in [0.1, 0.15) is 12.5 Å². The molecule has 1 aliphatic heterocycles. The molecule has 86 valence electrons. The van der Waals surface area contributed by atoms with Crippen LogP contribution in [0.4, 0.5) is 4.79 Å². The van der Waals surface area contributed by atoms with E-state index in [1.165, 1.54) is 0 Å². The Morgan fingerprint density at radius 2 is 1.88 bits per heavy atom. The number of carbonyl (C=O) groups excluding carboxylic acids is 1. The third-order valence-corrected chi connectivity index (χ3v) is 1.72. The fourth-order valence-corrected chi connectivity index (χ4v) is 1.05. The van der Waals surface area contributed by atoms with Crippen LogP contribution in [0.15, 0.2) is 30.3 Å². The molecule has 0 saturated carbocycles. The minimum Gasteiger partial charge on any atom is -0.481 e. The summed E-state index contributed by atoms with van der Waals surface area (Å²) in [5, 5.41) is 8.37. The second kappa shape index (κ2) is 5.75. The molecule has 0 bridgehead atoms. The number of carboxylic acid groups (broad SMARTS) is 1. The molecule has 1 fully saturated rings. The largest absolute Gasteiger partial charge is 0.514 e. The molecule has 1 aromatic carbocycles. The highest BCUT2D eigenvalue weighted by Gasteiger charge is 2.24. The van der Waals surface area contributed by atoms with Crippen molar-refractivity contribution >= 4 is 12.1 Å². The van der Waals surface area contributed by atoms with Crippen LogP contribution in [0, 0.1) is 0 Å². The van der Waals surface area contributed by atoms with Gasteiger partial charge >= 0.3 is 12.1 Å². The summed E-state index contributed by atoms with van der Waals surface area (Å²) in [6, 6.07) is 9.13. The Bertz CT molecular complexity index is 352. The van der Waals surface area contributed by atoms with Crippen LogP contribution in [0.5, 0.6) is 0 Å². The molecule has 5 nitrogen and oxygen atoms in total. The molecule has 2 rings (SSSR count). The second-order valence-electron chi connectivity index (χ2n) is 3.11. The highest BCUT2D eigenvalue weighted by Crippen LogP contribution is 2.07. The van der Waals surface area contributed by atoms with Crippen molar-refractivity contribution in [3.63, 3.8) is 0 Å². The number of aliphatic carboxylic acids is 1. The Morgan fingerprint density at radius 1 is 1.31 bits per heavy atom. The van der Waals surface area contributed by atoms with Gasteiger partial charge in [-0.05, 0) is 5.56 Å². The van der Waals surface area contributed by atoms with Gasteiger partial charge in [0.2, 0.25) is 0 Å². The summed E-state index contributed by atoms with van der Waals surface area (Å²) >= 11 is 0. The van der Waals surface area contributed by atoms with Crippen LogP contribution >= 0.6 is 0 Å². The fourth-order valence-electron chi connectivity index (χ4n) is 1.05. The van der Waals surface area contributed by atoms with E-state index in [2.05, 4.69) is 9.47 Å². The normalized spacial score (nSPS) is 13.7. The number of carboxylic acids is 1. The van der Waals surface area contributed by atoms with Crippen molar-refractivity contribution in [3.05, 3.63) is 35.9 Å². The second-order valence-corrected chi connectivity index (χ2v) is 3.11. The van der Waals surface area contributed by atoms with E-state index in [0.29, 0.717) is 0 Å². The van der Waals surface area contributed by atoms with Crippen molar-refractivity contribution in [2.45, 2.75) is 19.6 Å². The van der Waals surface area contributed by atoms with E-state index >= 15 is 0 Å². The smallest absolute Gasteiger partial charge is 0.481 e. The van der Waals surface area contributed by atoms with Gasteiger partial charge in [-0.25, -0.2) is 4.79 Å². The maximum absolute atomic E-state index is 10.2. The average Bonchev–Trinajstić information content (AvgIpc) is 2.17. The van der Waals surface area contributed by atoms with Crippen molar-refractivity contribution in [3.8, 4) is 0 Å². The number of cyclic esters (lactones) is 2. The van der Waals surface area contributed by atoms with E-state index in [9.17, 15) is 9.59 Å². The number of hydrogen-bond donors (Lipinski definition) is 1. The van der Waals surface area contributed by atoms with Gasteiger partial charge in [-0.3, -0.25) is 4.79 Å². The molecule has 1 N–H and O–H groups in total. The number of carbonyl (C=O) groups is 2. The maximum atomic E-state index is 10.2. The quantitative estimate of drug-likeness (QED) is 0.775. The van der Waals surface area contributed by atoms with E-state index in [4.69, 9.17) is 5.11 Å². The SMILES string of the molecule is CC1OC(=O)O1.O=C(O)Cc1ccccc1. The molecule has 0 unspecified atom stereocenters. The average molecular weight is 224 g/mol. The molecular formula is C11H12O5. The third-order valence-electron chi connectivity index (χ3n) is 1.72. The summed E-state index contributed by atoms with van der Waals surface area (Å²) in [4.78, 5) is 19.8. The van der Waals surface area contributed by atoms with Crippen molar-refractivity contribution in [2.24, 2.45) is 0 Å². The van der Waals surface area contributed by atoms with Crippen LogP contribution in [-0.4, -0.2) is 23.5 Å². The predicted molar refractivity (Wildman–Crippen MR) is 54.8 cm³/mol. The van der Waals surface area contributed by atoms with Crippen molar-refractivity contribution in [2.75, 3.05) is 0 Å². The summed E-state index contributed by atoms with van der Waals surface area (Å²) in [7, 11) is 0. The first-order valence-corrected chi connectivity index (χ1v) is 4.71. The molecule has 0 spiro atoms. The van der Waals surface area contributed by atoms with Crippen molar-refractivity contribution < 1.29 is 24.2 Å². The molecule has 1 saturated heterocycles. The van der Waals surface area contributed by atoms with Gasteiger partial charge in [0.25, 0.3) is 6.29 Å². The number of ether oxygens (including phenoxy) is 2. The molecule has 1 heterocycles. The first kappa shape index (κ1) is 12.0. The van der Waals surface area contributed by atoms with Crippen LogP contribution < -0.4 is 0 Å². The zero-order valence-corrected chi connectivity index (χ0v) is 8.75. The van der Waals surface area contributed by atoms with Crippen LogP contribution in [0.3, 0.4) is 0 Å². The molecular weight excluding hydrogens is 212 g/mol. The Kier molecular flexibility index (Phi) is 4.32. The first-order chi connectivity index (χ1) is 7.58. The Balaban J connectivity index is 0.000000181. The van der Waals surface area contributed by atoms with Crippen LogP contribution in [0.2, 0.25) is 0 Å². The molecule has 1 aromatic rings. The van der Waals surface area contributed by atoms with Crippen molar-refractivity contribution in [1.29, 1.82) is 0 Å². The lowest BCUT2D eigenvalue weighted by Gasteiger charge is -2.20. The molecule has 16 heavy (non-hydrogen) atoms. The molecule has 5 heteroatoms. The summed E-state index contributed by atoms with van der Waals surface area (Å²) < 4.78 is 8.56. The number of benzene rings is 1. The van der Waals surface area contributed by atoms with Gasteiger partial charge in [-0.15, -0.1) is 0 Å². The lowest BCUT2D eigenvalue weighted by atomic mass is 10.2. The van der Waals surface area contributed by atoms with Crippen LogP contribution in [-0.2, 0) is 20.7 Å². The van der Waals surface area contributed by atoms with Gasteiger partial charge in [0.05, 0.1) is 6.42 Å². The van der Waals surface area contributed by atoms with Crippen molar-refractivity contribution in [1.82, 2.24) is 0 Å². The standard InChI is InChI=1S/C8H8O2.C3H4O3/c9-8(10)6-7-4-2-1-3-5-7;1-2-5-3(4)6-2/h1-5H,6H2,(H,9,10);2H,1H3. The highest BCUT2D eigenvalue weighted by molar-refractivity contribution is 5.70. The monoisotopic (exact) mass is 224 g/mol. The third kappa shape index (κ3) is 4.45. The summed E-state index contributed by atoms with van der Waals surface area (Å²) in [5.74, 6) is -0.786. The minimum atomic E-state index is -0.786. The zero-order valence-electron chi connectivity index (χ0n) is 8.75. The lowest BCUT2D eigenvalue weighted by molar-refractivity contribution is -0.171. The van der Waals surface area contributed by atoms with Gasteiger partial charge in [0.1, 0.15) is 0 Å². The Hall–Kier alpha value is -2.04. The molecule has 0 atom stereocenters. The first-order valence-electron chi connectivity index (χ1n) is 4.71. The summed E-state index contributed by atoms with van der Waals surface area (Å²) in [6.45, 7) is 1.65. The van der Waals surface area contributed by atoms with Gasteiger partial charge < -0.3 is 14.6 Å². The molecule has 0 radical (unpaired) electrons. The maximum Gasteiger partial charge on any atom is 0.514 e. The minimum absolute atomic E-state index is 0.112. The summed E-state index contributed by atoms with van der Waals surface area (Å²) in [6.07, 6.45) is -0.763. The number of rotatable bonds is 2. The highest BCUT2D eigenvalue weighted by atomic mass is 16.9. The van der Waals surface area contributed by atoms with Gasteiger partial charge in [-0.2, -0.15) is 0 Å². The fraction of sp³-hybridized carbons (Fsp3) is 0.273. The van der Waals surface area contributed by atoms with Gasteiger partial charge in [0, 0.05) is 6.92 Å². The lowest BCUT2D eigenvalue weighted by Crippen LogP contribution is -2.32. The molecule has 0 aliphatic carbocycles. The molecule has 1 aliphatic rings. The van der Waals surface area contributed by atoms with E-state index in [1.807, 2.05) is 18.2 Å². The van der Waals surface area contributed by atoms with Crippen LogP contribution in [0.25, 0.3) is 0 Å². The Labute approximate surface area is 92.6 Å². The van der Waals surface area contributed by atoms with E-state index in [0.717, 1.165) is 5.56 Å². The van der Waals surface area contributed by atoms with E-state index < -0.39 is 12.1 Å². The summed E-state index contributed by atoms with van der Waals surface area (Å²) in [5.41, 5.74) is 0.843. The van der Waals surface area contributed by atoms with E-state index in [1.54, 1.807) is 19.1 Å².